The van der Waals surface area contributed by atoms with E-state index >= 15 is 0 Å². The van der Waals surface area contributed by atoms with Crippen LogP contribution in [0.5, 0.6) is 0 Å². The van der Waals surface area contributed by atoms with E-state index < -0.39 is 5.82 Å². The van der Waals surface area contributed by atoms with Crippen molar-refractivity contribution in [2.24, 2.45) is 0 Å². The summed E-state index contributed by atoms with van der Waals surface area (Å²) in [5.41, 5.74) is 1.21. The highest BCUT2D eigenvalue weighted by atomic mass is 35.5. The van der Waals surface area contributed by atoms with Crippen LogP contribution in [0.1, 0.15) is 18.4 Å². The molecule has 0 radical (unpaired) electrons. The van der Waals surface area contributed by atoms with Crippen LogP contribution in [-0.4, -0.2) is 26.4 Å². The first-order chi connectivity index (χ1) is 12.5. The lowest BCUT2D eigenvalue weighted by Gasteiger charge is -2.07. The molecule has 0 atom stereocenters. The zero-order valence-corrected chi connectivity index (χ0v) is 14.3. The Labute approximate surface area is 153 Å². The molecular formula is C17H15ClFN5O2. The molecule has 1 aromatic carbocycles. The van der Waals surface area contributed by atoms with E-state index in [-0.39, 0.29) is 36.2 Å². The Morgan fingerprint density at radius 1 is 1.12 bits per heavy atom. The summed E-state index contributed by atoms with van der Waals surface area (Å²) in [4.78, 5) is 23.9. The lowest BCUT2D eigenvalue weighted by molar-refractivity contribution is -0.124. The van der Waals surface area contributed by atoms with Crippen molar-refractivity contribution >= 4 is 35.0 Å². The molecule has 2 heterocycles. The average molecular weight is 376 g/mol. The summed E-state index contributed by atoms with van der Waals surface area (Å²) in [6, 6.07) is 9.31. The Bertz CT molecular complexity index is 959. The number of halogens is 2. The lowest BCUT2D eigenvalue weighted by Crippen LogP contribution is -2.24. The summed E-state index contributed by atoms with van der Waals surface area (Å²) in [6.07, 6.45) is 1.72. The van der Waals surface area contributed by atoms with Gasteiger partial charge in [0.25, 0.3) is 0 Å². The number of hydrogen-bond acceptors (Lipinski definition) is 4. The van der Waals surface area contributed by atoms with E-state index in [0.717, 1.165) is 0 Å². The number of hydrogen-bond donors (Lipinski definition) is 2. The Balaban J connectivity index is 1.47. The molecule has 134 valence electrons. The van der Waals surface area contributed by atoms with Gasteiger partial charge in [0.1, 0.15) is 5.82 Å². The minimum atomic E-state index is -0.442. The fourth-order valence-corrected chi connectivity index (χ4v) is 2.52. The third kappa shape index (κ3) is 4.34. The minimum absolute atomic E-state index is 0.00137. The highest BCUT2D eigenvalue weighted by Gasteiger charge is 2.11. The number of carbonyl (C=O) groups is 2. The molecule has 0 aliphatic rings. The zero-order chi connectivity index (χ0) is 18.5. The third-order valence-corrected chi connectivity index (χ3v) is 3.99. The number of amides is 2. The second kappa shape index (κ2) is 7.92. The van der Waals surface area contributed by atoms with Gasteiger partial charge in [0, 0.05) is 30.6 Å². The van der Waals surface area contributed by atoms with Crippen molar-refractivity contribution < 1.29 is 14.0 Å². The highest BCUT2D eigenvalue weighted by Crippen LogP contribution is 2.17. The van der Waals surface area contributed by atoms with E-state index in [1.807, 2.05) is 6.07 Å². The predicted octanol–water partition coefficient (Wildman–Crippen LogP) is 2.56. The topological polar surface area (TPSA) is 88.4 Å². The molecule has 0 spiro atoms. The standard InChI is InChI=1S/C17H15ClFN5O2/c18-13-9-12(19)5-4-11(13)10-20-15(25)6-7-16(26)21-17-23-22-14-3-1-2-8-24(14)17/h1-5,8-9H,6-7,10H2,(H,20,25)(H,21,23,26). The second-order valence-electron chi connectivity index (χ2n) is 5.51. The molecular weight excluding hydrogens is 361 g/mol. The molecule has 0 saturated heterocycles. The van der Waals surface area contributed by atoms with Gasteiger partial charge in [0.05, 0.1) is 0 Å². The second-order valence-corrected chi connectivity index (χ2v) is 5.92. The van der Waals surface area contributed by atoms with Gasteiger partial charge in [-0.15, -0.1) is 10.2 Å². The van der Waals surface area contributed by atoms with E-state index in [2.05, 4.69) is 20.8 Å². The normalized spacial score (nSPS) is 10.7. The Hall–Kier alpha value is -3.00. The maximum Gasteiger partial charge on any atom is 0.235 e. The van der Waals surface area contributed by atoms with Crippen LogP contribution < -0.4 is 10.6 Å². The van der Waals surface area contributed by atoms with Crippen LogP contribution in [0, 0.1) is 5.82 Å². The Morgan fingerprint density at radius 3 is 2.73 bits per heavy atom. The Morgan fingerprint density at radius 2 is 1.92 bits per heavy atom. The smallest absolute Gasteiger partial charge is 0.235 e. The van der Waals surface area contributed by atoms with Gasteiger partial charge < -0.3 is 5.32 Å². The van der Waals surface area contributed by atoms with E-state index in [1.165, 1.54) is 18.2 Å². The molecule has 3 aromatic rings. The number of fused-ring (bicyclic) bond motifs is 1. The number of aromatic nitrogens is 3. The number of nitrogens with one attached hydrogen (secondary N) is 2. The fourth-order valence-electron chi connectivity index (χ4n) is 2.29. The van der Waals surface area contributed by atoms with Crippen molar-refractivity contribution in [2.45, 2.75) is 19.4 Å². The van der Waals surface area contributed by atoms with Crippen molar-refractivity contribution in [1.82, 2.24) is 19.9 Å². The van der Waals surface area contributed by atoms with Gasteiger partial charge in [-0.25, -0.2) is 4.39 Å². The number of carbonyl (C=O) groups excluding carboxylic acids is 2. The van der Waals surface area contributed by atoms with Crippen LogP contribution >= 0.6 is 11.6 Å². The van der Waals surface area contributed by atoms with E-state index in [9.17, 15) is 14.0 Å². The summed E-state index contributed by atoms with van der Waals surface area (Å²) in [7, 11) is 0. The first-order valence-electron chi connectivity index (χ1n) is 7.83. The quantitative estimate of drug-likeness (QED) is 0.693. The SMILES string of the molecule is O=C(CCC(=O)Nc1nnc2ccccn12)NCc1ccc(F)cc1Cl. The van der Waals surface area contributed by atoms with Crippen LogP contribution in [-0.2, 0) is 16.1 Å². The number of pyridine rings is 1. The highest BCUT2D eigenvalue weighted by molar-refractivity contribution is 6.31. The summed E-state index contributed by atoms with van der Waals surface area (Å²) in [6.45, 7) is 0.161. The Kier molecular flexibility index (Phi) is 5.43. The van der Waals surface area contributed by atoms with Crippen LogP contribution in [0.2, 0.25) is 5.02 Å². The molecule has 0 aliphatic carbocycles. The number of nitrogens with zero attached hydrogens (tertiary/aromatic N) is 3. The summed E-state index contributed by atoms with van der Waals surface area (Å²) >= 11 is 5.90. The molecule has 0 bridgehead atoms. The maximum absolute atomic E-state index is 13.0. The van der Waals surface area contributed by atoms with E-state index in [0.29, 0.717) is 17.2 Å². The zero-order valence-electron chi connectivity index (χ0n) is 13.6. The first-order valence-corrected chi connectivity index (χ1v) is 8.21. The molecule has 2 N–H and O–H groups in total. The summed E-state index contributed by atoms with van der Waals surface area (Å²) in [5.74, 6) is -0.809. The molecule has 7 nitrogen and oxygen atoms in total. The fraction of sp³-hybridized carbons (Fsp3) is 0.176. The largest absolute Gasteiger partial charge is 0.352 e. The van der Waals surface area contributed by atoms with Crippen molar-refractivity contribution in [1.29, 1.82) is 0 Å². The molecule has 3 rings (SSSR count). The molecule has 0 fully saturated rings. The predicted molar refractivity (Wildman–Crippen MR) is 94.1 cm³/mol. The van der Waals surface area contributed by atoms with Crippen LogP contribution in [0.3, 0.4) is 0 Å². The van der Waals surface area contributed by atoms with Crippen LogP contribution in [0.15, 0.2) is 42.6 Å². The van der Waals surface area contributed by atoms with Gasteiger partial charge in [-0.2, -0.15) is 0 Å². The van der Waals surface area contributed by atoms with Crippen molar-refractivity contribution in [2.75, 3.05) is 5.32 Å². The van der Waals surface area contributed by atoms with Crippen molar-refractivity contribution in [3.63, 3.8) is 0 Å². The van der Waals surface area contributed by atoms with Crippen molar-refractivity contribution in [3.05, 3.63) is 59.0 Å². The van der Waals surface area contributed by atoms with E-state index in [1.54, 1.807) is 22.7 Å². The average Bonchev–Trinajstić information content (AvgIpc) is 3.02. The van der Waals surface area contributed by atoms with E-state index in [4.69, 9.17) is 11.6 Å². The monoisotopic (exact) mass is 375 g/mol. The number of benzene rings is 1. The minimum Gasteiger partial charge on any atom is -0.352 e. The van der Waals surface area contributed by atoms with Gasteiger partial charge in [0.2, 0.25) is 17.8 Å². The molecule has 0 unspecified atom stereocenters. The van der Waals surface area contributed by atoms with Crippen molar-refractivity contribution in [3.8, 4) is 0 Å². The van der Waals surface area contributed by atoms with Gasteiger partial charge in [-0.1, -0.05) is 23.7 Å². The number of rotatable bonds is 6. The molecule has 26 heavy (non-hydrogen) atoms. The summed E-state index contributed by atoms with van der Waals surface area (Å²) in [5, 5.41) is 13.3. The van der Waals surface area contributed by atoms with Gasteiger partial charge in [-0.05, 0) is 29.8 Å². The van der Waals surface area contributed by atoms with Crippen LogP contribution in [0.25, 0.3) is 5.65 Å². The van der Waals surface area contributed by atoms with Gasteiger partial charge in [-0.3, -0.25) is 19.3 Å². The van der Waals surface area contributed by atoms with Crippen LogP contribution in [0.4, 0.5) is 10.3 Å². The summed E-state index contributed by atoms with van der Waals surface area (Å²) < 4.78 is 14.6. The lowest BCUT2D eigenvalue weighted by atomic mass is 10.2. The third-order valence-electron chi connectivity index (χ3n) is 3.64. The molecule has 2 amide bonds. The molecule has 9 heteroatoms. The van der Waals surface area contributed by atoms with Gasteiger partial charge in [0.15, 0.2) is 5.65 Å². The molecule has 0 aliphatic heterocycles. The molecule has 2 aromatic heterocycles. The first kappa shape index (κ1) is 17.8. The van der Waals surface area contributed by atoms with Gasteiger partial charge >= 0.3 is 0 Å². The molecule has 0 saturated carbocycles. The maximum atomic E-state index is 13.0. The number of anilines is 1.